The third-order valence-electron chi connectivity index (χ3n) is 5.79. The molecule has 1 unspecified atom stereocenters. The molecule has 3 N–H and O–H groups in total. The summed E-state index contributed by atoms with van der Waals surface area (Å²) in [5.41, 5.74) is 0.693. The van der Waals surface area contributed by atoms with Crippen LogP contribution in [0.25, 0.3) is 0 Å². The molecule has 6 nitrogen and oxygen atoms in total. The highest BCUT2D eigenvalue weighted by Gasteiger charge is 2.40. The topological polar surface area (TPSA) is 77.2 Å². The lowest BCUT2D eigenvalue weighted by Crippen LogP contribution is -2.62. The van der Waals surface area contributed by atoms with Crippen molar-refractivity contribution in [3.05, 3.63) is 42.0 Å². The fourth-order valence-corrected chi connectivity index (χ4v) is 5.10. The highest BCUT2D eigenvalue weighted by Crippen LogP contribution is 2.32. The average molecular weight is 399 g/mol. The summed E-state index contributed by atoms with van der Waals surface area (Å²) in [6.07, 6.45) is 2.36. The lowest BCUT2D eigenvalue weighted by molar-refractivity contribution is -0.114. The maximum atomic E-state index is 12.7. The second kappa shape index (κ2) is 8.01. The van der Waals surface area contributed by atoms with Gasteiger partial charge in [0.15, 0.2) is 0 Å². The molecule has 0 aliphatic carbocycles. The number of aromatic nitrogens is 1. The van der Waals surface area contributed by atoms with E-state index in [1.54, 1.807) is 11.8 Å². The van der Waals surface area contributed by atoms with Crippen molar-refractivity contribution in [3.8, 4) is 0 Å². The zero-order valence-electron chi connectivity index (χ0n) is 16.2. The van der Waals surface area contributed by atoms with E-state index in [9.17, 15) is 9.59 Å². The fourth-order valence-electron chi connectivity index (χ4n) is 4.28. The molecule has 148 valence electrons. The molecular formula is C21H26N4O2S. The first-order valence-corrected chi connectivity index (χ1v) is 10.6. The zero-order valence-corrected chi connectivity index (χ0v) is 17.0. The Morgan fingerprint density at radius 2 is 1.82 bits per heavy atom. The first-order chi connectivity index (χ1) is 13.5. The first-order valence-electron chi connectivity index (χ1n) is 9.79. The molecule has 2 bridgehead atoms. The number of benzene rings is 1. The molecule has 7 heteroatoms. The van der Waals surface area contributed by atoms with E-state index in [1.807, 2.05) is 36.4 Å². The Hall–Kier alpha value is -2.25. The second-order valence-corrected chi connectivity index (χ2v) is 8.77. The van der Waals surface area contributed by atoms with Crippen LogP contribution in [0.2, 0.25) is 0 Å². The number of fused-ring (bicyclic) bond motifs is 3. The molecule has 4 heterocycles. The number of piperidine rings is 3. The Labute approximate surface area is 169 Å². The van der Waals surface area contributed by atoms with Gasteiger partial charge in [-0.05, 0) is 75.2 Å². The molecule has 1 aromatic heterocycles. The summed E-state index contributed by atoms with van der Waals surface area (Å²) >= 11 is 1.56. The van der Waals surface area contributed by atoms with E-state index in [-0.39, 0.29) is 17.9 Å². The Morgan fingerprint density at radius 3 is 2.46 bits per heavy atom. The standard InChI is InChI=1S/C21H26N4O2S/c1-13-20(15-9-11-25(13)12-10-15)24-21(27)16-3-5-17(6-4-16)28-19-8-7-18(23-19)22-14(2)26/h3-8,13,15,20,23H,9-12H2,1-2H3,(H,22,26)(H,24,27)/t13?,20-/m0/s1. The SMILES string of the molecule is CC(=O)Nc1ccc(Sc2ccc(C(=O)N[C@@H]3C4CCN(CC4)C3C)cc2)[nH]1. The van der Waals surface area contributed by atoms with Crippen LogP contribution in [0.4, 0.5) is 5.82 Å². The van der Waals surface area contributed by atoms with E-state index >= 15 is 0 Å². The minimum Gasteiger partial charge on any atom is -0.347 e. The van der Waals surface area contributed by atoms with Crippen LogP contribution >= 0.6 is 11.8 Å². The van der Waals surface area contributed by atoms with Crippen molar-refractivity contribution in [2.24, 2.45) is 5.92 Å². The second-order valence-electron chi connectivity index (χ2n) is 7.66. The molecule has 2 amide bonds. The molecule has 28 heavy (non-hydrogen) atoms. The molecule has 2 aromatic rings. The predicted molar refractivity (Wildman–Crippen MR) is 111 cm³/mol. The van der Waals surface area contributed by atoms with Gasteiger partial charge in [-0.15, -0.1) is 0 Å². The van der Waals surface area contributed by atoms with Crippen LogP contribution in [0.1, 0.15) is 37.0 Å². The van der Waals surface area contributed by atoms with Gasteiger partial charge in [0.1, 0.15) is 5.82 Å². The summed E-state index contributed by atoms with van der Waals surface area (Å²) in [7, 11) is 0. The van der Waals surface area contributed by atoms with Crippen molar-refractivity contribution < 1.29 is 9.59 Å². The average Bonchev–Trinajstić information content (AvgIpc) is 3.11. The number of hydrogen-bond donors (Lipinski definition) is 3. The van der Waals surface area contributed by atoms with E-state index in [0.717, 1.165) is 23.0 Å². The van der Waals surface area contributed by atoms with Crippen molar-refractivity contribution in [1.29, 1.82) is 0 Å². The van der Waals surface area contributed by atoms with E-state index in [1.165, 1.54) is 19.8 Å². The van der Waals surface area contributed by atoms with Gasteiger partial charge in [0.2, 0.25) is 5.91 Å². The van der Waals surface area contributed by atoms with Crippen molar-refractivity contribution in [1.82, 2.24) is 15.2 Å². The van der Waals surface area contributed by atoms with Crippen LogP contribution in [-0.2, 0) is 4.79 Å². The highest BCUT2D eigenvalue weighted by molar-refractivity contribution is 7.99. The maximum absolute atomic E-state index is 12.7. The van der Waals surface area contributed by atoms with Crippen LogP contribution in [0, 0.1) is 5.92 Å². The number of hydrogen-bond acceptors (Lipinski definition) is 4. The lowest BCUT2D eigenvalue weighted by Gasteiger charge is -2.49. The van der Waals surface area contributed by atoms with Crippen LogP contribution in [0.5, 0.6) is 0 Å². The molecule has 3 aliphatic heterocycles. The van der Waals surface area contributed by atoms with Crippen molar-refractivity contribution in [3.63, 3.8) is 0 Å². The Bertz CT molecular complexity index is 854. The predicted octanol–water partition coefficient (Wildman–Crippen LogP) is 3.34. The number of rotatable bonds is 5. The van der Waals surface area contributed by atoms with Gasteiger partial charge in [-0.1, -0.05) is 11.8 Å². The molecule has 5 rings (SSSR count). The molecule has 3 aliphatic rings. The summed E-state index contributed by atoms with van der Waals surface area (Å²) in [5, 5.41) is 6.93. The minimum atomic E-state index is -0.105. The van der Waals surface area contributed by atoms with Crippen molar-refractivity contribution in [2.75, 3.05) is 18.4 Å². The van der Waals surface area contributed by atoms with Crippen LogP contribution in [0.3, 0.4) is 0 Å². The summed E-state index contributed by atoms with van der Waals surface area (Å²) < 4.78 is 0. The summed E-state index contributed by atoms with van der Waals surface area (Å²) in [6, 6.07) is 12.1. The third kappa shape index (κ3) is 4.10. The number of carbonyl (C=O) groups is 2. The molecule has 1 aromatic carbocycles. The lowest BCUT2D eigenvalue weighted by atomic mass is 9.79. The van der Waals surface area contributed by atoms with Gasteiger partial charge in [0, 0.05) is 29.5 Å². The molecular weight excluding hydrogens is 372 g/mol. The number of nitrogens with zero attached hydrogens (tertiary/aromatic N) is 1. The molecule has 0 saturated carbocycles. The van der Waals surface area contributed by atoms with Gasteiger partial charge in [-0.2, -0.15) is 0 Å². The summed E-state index contributed by atoms with van der Waals surface area (Å²) in [4.78, 5) is 30.5. The monoisotopic (exact) mass is 398 g/mol. The summed E-state index contributed by atoms with van der Waals surface area (Å²) in [6.45, 7) is 6.02. The molecule has 3 saturated heterocycles. The van der Waals surface area contributed by atoms with E-state index in [0.29, 0.717) is 23.3 Å². The van der Waals surface area contributed by atoms with Gasteiger partial charge < -0.3 is 15.6 Å². The fraction of sp³-hybridized carbons (Fsp3) is 0.429. The smallest absolute Gasteiger partial charge is 0.251 e. The van der Waals surface area contributed by atoms with Gasteiger partial charge in [0.25, 0.3) is 5.91 Å². The number of amides is 2. The van der Waals surface area contributed by atoms with Gasteiger partial charge >= 0.3 is 0 Å². The third-order valence-corrected chi connectivity index (χ3v) is 6.76. The van der Waals surface area contributed by atoms with E-state index < -0.39 is 0 Å². The normalized spacial score (nSPS) is 26.1. The van der Waals surface area contributed by atoms with E-state index in [4.69, 9.17) is 0 Å². The minimum absolute atomic E-state index is 0.00923. The number of anilines is 1. The van der Waals surface area contributed by atoms with Crippen LogP contribution in [0.15, 0.2) is 46.3 Å². The van der Waals surface area contributed by atoms with E-state index in [2.05, 4.69) is 27.4 Å². The molecule has 0 radical (unpaired) electrons. The Morgan fingerprint density at radius 1 is 1.11 bits per heavy atom. The zero-order chi connectivity index (χ0) is 19.7. The number of nitrogens with one attached hydrogen (secondary N) is 3. The van der Waals surface area contributed by atoms with Gasteiger partial charge in [-0.25, -0.2) is 0 Å². The maximum Gasteiger partial charge on any atom is 0.251 e. The largest absolute Gasteiger partial charge is 0.347 e. The molecule has 2 atom stereocenters. The van der Waals surface area contributed by atoms with Crippen LogP contribution < -0.4 is 10.6 Å². The number of carbonyl (C=O) groups excluding carboxylic acids is 2. The Kier molecular flexibility index (Phi) is 5.46. The quantitative estimate of drug-likeness (QED) is 0.722. The first kappa shape index (κ1) is 19.1. The number of H-pyrrole nitrogens is 1. The molecule has 3 fully saturated rings. The van der Waals surface area contributed by atoms with Gasteiger partial charge in [0.05, 0.1) is 5.03 Å². The van der Waals surface area contributed by atoms with Crippen molar-refractivity contribution >= 4 is 29.4 Å². The van der Waals surface area contributed by atoms with Crippen molar-refractivity contribution in [2.45, 2.75) is 48.7 Å². The number of aromatic amines is 1. The highest BCUT2D eigenvalue weighted by atomic mass is 32.2. The van der Waals surface area contributed by atoms with Gasteiger partial charge in [-0.3, -0.25) is 14.5 Å². The Balaban J connectivity index is 1.37. The summed E-state index contributed by atoms with van der Waals surface area (Å²) in [5.74, 6) is 1.18. The van der Waals surface area contributed by atoms with Crippen LogP contribution in [-0.4, -0.2) is 46.9 Å². The molecule has 0 spiro atoms.